The van der Waals surface area contributed by atoms with Gasteiger partial charge >= 0.3 is 0 Å². The van der Waals surface area contributed by atoms with E-state index in [9.17, 15) is 20.6 Å². The second-order valence-corrected chi connectivity index (χ2v) is 7.82. The van der Waals surface area contributed by atoms with Crippen LogP contribution in [0.4, 0.5) is 0 Å². The first-order valence-electron chi connectivity index (χ1n) is 9.36. The fourth-order valence-electron chi connectivity index (χ4n) is 5.09. The molecule has 2 bridgehead atoms. The van der Waals surface area contributed by atoms with Crippen LogP contribution in [0.15, 0.2) is 36.4 Å². The highest BCUT2D eigenvalue weighted by atomic mass is 16.5. The number of rotatable bonds is 3. The smallest absolute Gasteiger partial charge is 0.205 e. The maximum atomic E-state index is 11.2. The third kappa shape index (κ3) is 1.93. The fourth-order valence-corrected chi connectivity index (χ4v) is 5.09. The topological polar surface area (TPSA) is 98.6 Å². The Morgan fingerprint density at radius 3 is 2.50 bits per heavy atom. The van der Waals surface area contributed by atoms with Gasteiger partial charge in [-0.15, -0.1) is 0 Å². The van der Waals surface area contributed by atoms with Gasteiger partial charge in [-0.05, 0) is 31.9 Å². The first-order chi connectivity index (χ1) is 13.5. The van der Waals surface area contributed by atoms with E-state index < -0.39 is 11.2 Å². The summed E-state index contributed by atoms with van der Waals surface area (Å²) in [5, 5.41) is 42.8. The summed E-state index contributed by atoms with van der Waals surface area (Å²) in [6.45, 7) is 1.85. The molecule has 2 atom stereocenters. The van der Waals surface area contributed by atoms with Gasteiger partial charge in [0.05, 0.1) is 34.0 Å². The van der Waals surface area contributed by atoms with Crippen LogP contribution >= 0.6 is 0 Å². The van der Waals surface area contributed by atoms with Gasteiger partial charge in [-0.3, -0.25) is 4.57 Å². The van der Waals surface area contributed by atoms with Crippen LogP contribution in [0.3, 0.4) is 0 Å². The molecule has 3 aromatic rings. The summed E-state index contributed by atoms with van der Waals surface area (Å²) in [5.41, 5.74) is 0.819. The highest BCUT2D eigenvalue weighted by Gasteiger charge is 2.61. The van der Waals surface area contributed by atoms with Crippen molar-refractivity contribution < 1.29 is 20.1 Å². The van der Waals surface area contributed by atoms with Crippen molar-refractivity contribution in [2.45, 2.75) is 37.4 Å². The molecule has 3 heterocycles. The Bertz CT molecular complexity index is 1170. The third-order valence-corrected chi connectivity index (χ3v) is 6.31. The van der Waals surface area contributed by atoms with Gasteiger partial charge in [0.25, 0.3) is 0 Å². The van der Waals surface area contributed by atoms with Gasteiger partial charge in [0.2, 0.25) is 11.8 Å². The van der Waals surface area contributed by atoms with Crippen molar-refractivity contribution in [3.8, 4) is 23.5 Å². The number of fused-ring (bicyclic) bond motifs is 6. The average molecular weight is 376 g/mol. The molecule has 0 spiro atoms. The van der Waals surface area contributed by atoms with Crippen molar-refractivity contribution in [2.75, 3.05) is 6.61 Å². The fraction of sp³-hybridized carbons (Fsp3) is 0.318. The van der Waals surface area contributed by atoms with Crippen molar-refractivity contribution in [1.29, 1.82) is 5.26 Å². The molecule has 142 valence electrons. The lowest BCUT2D eigenvalue weighted by Gasteiger charge is -2.25. The van der Waals surface area contributed by atoms with Crippen LogP contribution in [-0.2, 0) is 15.9 Å². The van der Waals surface area contributed by atoms with Crippen LogP contribution in [0.2, 0.25) is 0 Å². The highest BCUT2D eigenvalue weighted by molar-refractivity contribution is 5.95. The summed E-state index contributed by atoms with van der Waals surface area (Å²) in [5.74, 6) is -0.122. The molecule has 0 radical (unpaired) electrons. The molecular formula is C22H20N2O4. The number of nitrogens with zero attached hydrogens (tertiary/aromatic N) is 2. The number of ether oxygens (including phenoxy) is 1. The van der Waals surface area contributed by atoms with Crippen LogP contribution in [0.5, 0.6) is 11.8 Å². The number of benzene rings is 2. The van der Waals surface area contributed by atoms with Crippen LogP contribution < -0.4 is 0 Å². The van der Waals surface area contributed by atoms with E-state index in [1.54, 1.807) is 12.1 Å². The normalized spacial score (nSPS) is 25.2. The van der Waals surface area contributed by atoms with Gasteiger partial charge in [0, 0.05) is 23.8 Å². The molecule has 6 heteroatoms. The average Bonchev–Trinajstić information content (AvgIpc) is 3.26. The van der Waals surface area contributed by atoms with Gasteiger partial charge in [0.15, 0.2) is 0 Å². The Kier molecular flexibility index (Phi) is 3.36. The van der Waals surface area contributed by atoms with E-state index in [1.165, 1.54) is 4.57 Å². The zero-order valence-corrected chi connectivity index (χ0v) is 15.4. The number of aromatic hydroxyl groups is 2. The first-order valence-corrected chi connectivity index (χ1v) is 9.36. The van der Waals surface area contributed by atoms with E-state index in [2.05, 4.69) is 6.07 Å². The summed E-state index contributed by atoms with van der Waals surface area (Å²) >= 11 is 0. The maximum absolute atomic E-state index is 11.2. The van der Waals surface area contributed by atoms with E-state index in [-0.39, 0.29) is 18.4 Å². The molecule has 5 rings (SSSR count). The van der Waals surface area contributed by atoms with Gasteiger partial charge in [-0.1, -0.05) is 24.3 Å². The number of hydrogen-bond donors (Lipinski definition) is 3. The summed E-state index contributed by atoms with van der Waals surface area (Å²) < 4.78 is 7.68. The van der Waals surface area contributed by atoms with Gasteiger partial charge < -0.3 is 20.1 Å². The highest BCUT2D eigenvalue weighted by Crippen LogP contribution is 2.65. The van der Waals surface area contributed by atoms with Crippen LogP contribution in [0.1, 0.15) is 42.9 Å². The predicted molar refractivity (Wildman–Crippen MR) is 102 cm³/mol. The molecule has 2 unspecified atom stereocenters. The number of hydrogen-bond acceptors (Lipinski definition) is 5. The second kappa shape index (κ2) is 5.51. The van der Waals surface area contributed by atoms with Crippen LogP contribution in [0, 0.1) is 11.3 Å². The Morgan fingerprint density at radius 2 is 1.79 bits per heavy atom. The molecule has 28 heavy (non-hydrogen) atoms. The van der Waals surface area contributed by atoms with Crippen LogP contribution in [0.25, 0.3) is 16.5 Å². The molecule has 0 amide bonds. The number of aromatic nitrogens is 1. The quantitative estimate of drug-likeness (QED) is 0.649. The lowest BCUT2D eigenvalue weighted by Crippen LogP contribution is -2.24. The van der Waals surface area contributed by atoms with Crippen molar-refractivity contribution in [2.24, 2.45) is 0 Å². The molecular weight excluding hydrogens is 356 g/mol. The Balaban J connectivity index is 1.83. The molecule has 1 fully saturated rings. The zero-order valence-electron chi connectivity index (χ0n) is 15.4. The Morgan fingerprint density at radius 1 is 1.07 bits per heavy atom. The van der Waals surface area contributed by atoms with E-state index in [4.69, 9.17) is 4.74 Å². The first kappa shape index (κ1) is 17.1. The monoisotopic (exact) mass is 376 g/mol. The van der Waals surface area contributed by atoms with E-state index in [0.29, 0.717) is 41.6 Å². The molecule has 2 aromatic carbocycles. The lowest BCUT2D eigenvalue weighted by molar-refractivity contribution is -0.0887. The SMILES string of the molecule is CC12CCC(CCO)(O1)c1c2c(O)n(-c2ccc(C#N)c3ccccc23)c1O. The second-order valence-electron chi connectivity index (χ2n) is 7.82. The zero-order chi connectivity index (χ0) is 19.7. The molecule has 3 N–H and O–H groups in total. The van der Waals surface area contributed by atoms with Gasteiger partial charge in [0.1, 0.15) is 5.60 Å². The van der Waals surface area contributed by atoms with E-state index >= 15 is 0 Å². The summed E-state index contributed by atoms with van der Waals surface area (Å²) in [4.78, 5) is 0. The maximum Gasteiger partial charge on any atom is 0.205 e. The molecule has 0 saturated carbocycles. The van der Waals surface area contributed by atoms with Crippen LogP contribution in [-0.4, -0.2) is 26.5 Å². The molecule has 1 aromatic heterocycles. The molecule has 0 aliphatic carbocycles. The van der Waals surface area contributed by atoms with Gasteiger partial charge in [-0.25, -0.2) is 0 Å². The minimum atomic E-state index is -0.784. The van der Waals surface area contributed by atoms with E-state index in [0.717, 1.165) is 10.8 Å². The third-order valence-electron chi connectivity index (χ3n) is 6.31. The minimum absolute atomic E-state index is 0.0515. The Hall–Kier alpha value is -3.01. The largest absolute Gasteiger partial charge is 0.494 e. The number of aliphatic hydroxyl groups excluding tert-OH is 1. The van der Waals surface area contributed by atoms with Crippen molar-refractivity contribution in [1.82, 2.24) is 4.57 Å². The van der Waals surface area contributed by atoms with Crippen molar-refractivity contribution >= 4 is 10.8 Å². The molecule has 6 nitrogen and oxygen atoms in total. The molecule has 2 aliphatic heterocycles. The number of nitriles is 1. The predicted octanol–water partition coefficient (Wildman–Crippen LogP) is 3.53. The molecule has 2 aliphatic rings. The Labute approximate surface area is 161 Å². The standard InChI is InChI=1S/C22H20N2O4/c1-21-8-9-22(28-21,10-11-25)18-17(21)19(26)24(20(18)27)16-7-6-13(12-23)14-4-2-3-5-15(14)16/h2-7,25-27H,8-11H2,1H3. The summed E-state index contributed by atoms with van der Waals surface area (Å²) in [6, 6.07) is 13.0. The van der Waals surface area contributed by atoms with Crippen molar-refractivity contribution in [3.05, 3.63) is 53.1 Å². The van der Waals surface area contributed by atoms with Crippen molar-refractivity contribution in [3.63, 3.8) is 0 Å². The minimum Gasteiger partial charge on any atom is -0.494 e. The lowest BCUT2D eigenvalue weighted by atomic mass is 9.78. The summed E-state index contributed by atoms with van der Waals surface area (Å²) in [7, 11) is 0. The molecule has 1 saturated heterocycles. The summed E-state index contributed by atoms with van der Waals surface area (Å²) in [6.07, 6.45) is 1.76. The van der Waals surface area contributed by atoms with E-state index in [1.807, 2.05) is 31.2 Å². The van der Waals surface area contributed by atoms with Gasteiger partial charge in [-0.2, -0.15) is 5.26 Å². The number of aliphatic hydroxyl groups is 1.